The number of esters is 1. The minimum atomic E-state index is -0.480. The second-order valence-corrected chi connectivity index (χ2v) is 1.85. The van der Waals surface area contributed by atoms with E-state index in [0.717, 1.165) is 0 Å². The van der Waals surface area contributed by atoms with Crippen molar-refractivity contribution < 1.29 is 50.7 Å². The van der Waals surface area contributed by atoms with Gasteiger partial charge in [-0.2, -0.15) is 0 Å². The Morgan fingerprint density at radius 1 is 1.77 bits per heavy atom. The van der Waals surface area contributed by atoms with Gasteiger partial charge in [-0.3, -0.25) is 0 Å². The molecular weight excluding hydrogens is 291 g/mol. The van der Waals surface area contributed by atoms with E-state index < -0.39 is 5.97 Å². The first-order valence-electron chi connectivity index (χ1n) is 3.18. The molecule has 1 heterocycles. The molecule has 0 aliphatic carbocycles. The molecule has 13 heavy (non-hydrogen) atoms. The van der Waals surface area contributed by atoms with Crippen LogP contribution in [0.4, 0.5) is 0 Å². The SMILES string of the molecule is C=C1[N]C(C(=O)OCC)=CO1.[Br-].[Zn]. The third-order valence-electron chi connectivity index (χ3n) is 1.04. The van der Waals surface area contributed by atoms with Gasteiger partial charge in [0.2, 0.25) is 5.88 Å². The van der Waals surface area contributed by atoms with Gasteiger partial charge < -0.3 is 26.5 Å². The van der Waals surface area contributed by atoms with E-state index in [4.69, 9.17) is 4.74 Å². The minimum absolute atomic E-state index is 0. The fraction of sp³-hybridized carbons (Fsp3) is 0.286. The van der Waals surface area contributed by atoms with Gasteiger partial charge in [0, 0.05) is 19.5 Å². The minimum Gasteiger partial charge on any atom is -1.00 e. The summed E-state index contributed by atoms with van der Waals surface area (Å²) in [4.78, 5) is 10.9. The summed E-state index contributed by atoms with van der Waals surface area (Å²) >= 11 is 0. The molecule has 0 N–H and O–H groups in total. The summed E-state index contributed by atoms with van der Waals surface area (Å²) in [5.74, 6) is -0.265. The van der Waals surface area contributed by atoms with Crippen LogP contribution in [0.15, 0.2) is 24.4 Å². The Bertz CT molecular complexity index is 230. The number of ether oxygens (including phenoxy) is 2. The first kappa shape index (κ1) is 15.1. The molecular formula is C7H8BrNO3Zn-. The molecule has 6 heteroatoms. The molecule has 0 unspecified atom stereocenters. The third kappa shape index (κ3) is 4.43. The van der Waals surface area contributed by atoms with Crippen LogP contribution >= 0.6 is 0 Å². The Hall–Kier alpha value is -0.347. The van der Waals surface area contributed by atoms with Crippen molar-refractivity contribution in [3.8, 4) is 0 Å². The Morgan fingerprint density at radius 2 is 2.38 bits per heavy atom. The second kappa shape index (κ2) is 7.09. The van der Waals surface area contributed by atoms with Gasteiger partial charge >= 0.3 is 5.97 Å². The van der Waals surface area contributed by atoms with E-state index in [2.05, 4.69) is 16.6 Å². The van der Waals surface area contributed by atoms with Gasteiger partial charge in [-0.1, -0.05) is 0 Å². The molecule has 0 saturated carbocycles. The Morgan fingerprint density at radius 3 is 2.77 bits per heavy atom. The van der Waals surface area contributed by atoms with Gasteiger partial charge in [0.25, 0.3) is 0 Å². The average Bonchev–Trinajstić information content (AvgIpc) is 2.36. The number of halogens is 1. The predicted octanol–water partition coefficient (Wildman–Crippen LogP) is -2.50. The molecule has 4 nitrogen and oxygen atoms in total. The Kier molecular flexibility index (Phi) is 8.26. The summed E-state index contributed by atoms with van der Waals surface area (Å²) in [5.41, 5.74) is 0.164. The summed E-state index contributed by atoms with van der Waals surface area (Å²) in [6.07, 6.45) is 1.22. The van der Waals surface area contributed by atoms with Gasteiger partial charge in [0.1, 0.15) is 6.26 Å². The van der Waals surface area contributed by atoms with Crippen molar-refractivity contribution in [3.05, 3.63) is 24.4 Å². The van der Waals surface area contributed by atoms with E-state index in [0.29, 0.717) is 6.61 Å². The van der Waals surface area contributed by atoms with Crippen LogP contribution in [0.2, 0.25) is 0 Å². The number of carbonyl (C=O) groups is 1. The monoisotopic (exact) mass is 297 g/mol. The van der Waals surface area contributed by atoms with Crippen molar-refractivity contribution in [1.82, 2.24) is 5.32 Å². The fourth-order valence-electron chi connectivity index (χ4n) is 0.610. The van der Waals surface area contributed by atoms with E-state index >= 15 is 0 Å². The topological polar surface area (TPSA) is 49.6 Å². The molecule has 0 atom stereocenters. The molecule has 69 valence electrons. The Balaban J connectivity index is 0. The zero-order valence-corrected chi connectivity index (χ0v) is 11.8. The summed E-state index contributed by atoms with van der Waals surface area (Å²) in [7, 11) is 0. The molecule has 0 fully saturated rings. The normalized spacial score (nSPS) is 12.7. The molecule has 1 rings (SSSR count). The molecule has 0 bridgehead atoms. The van der Waals surface area contributed by atoms with E-state index in [-0.39, 0.29) is 48.0 Å². The van der Waals surface area contributed by atoms with Crippen LogP contribution in [0.25, 0.3) is 0 Å². The smallest absolute Gasteiger partial charge is 0.360 e. The first-order valence-corrected chi connectivity index (χ1v) is 3.18. The maximum absolute atomic E-state index is 10.9. The van der Waals surface area contributed by atoms with Crippen molar-refractivity contribution in [2.24, 2.45) is 0 Å². The average molecular weight is 299 g/mol. The quantitative estimate of drug-likeness (QED) is 0.418. The largest absolute Gasteiger partial charge is 1.00 e. The van der Waals surface area contributed by atoms with Crippen LogP contribution in [-0.2, 0) is 33.7 Å². The fourth-order valence-corrected chi connectivity index (χ4v) is 0.610. The number of rotatable bonds is 2. The molecule has 1 aliphatic rings. The van der Waals surface area contributed by atoms with Crippen LogP contribution in [0.1, 0.15) is 6.92 Å². The number of carbonyl (C=O) groups excluding carboxylic acids is 1. The van der Waals surface area contributed by atoms with Gasteiger partial charge in [-0.15, -0.1) is 0 Å². The van der Waals surface area contributed by atoms with Crippen LogP contribution in [0.5, 0.6) is 0 Å². The summed E-state index contributed by atoms with van der Waals surface area (Å²) in [6.45, 7) is 5.45. The number of nitrogens with zero attached hydrogens (tertiary/aromatic N) is 1. The van der Waals surface area contributed by atoms with E-state index in [1.807, 2.05) is 0 Å². The van der Waals surface area contributed by atoms with Gasteiger partial charge in [0.15, 0.2) is 5.70 Å². The summed E-state index contributed by atoms with van der Waals surface area (Å²) < 4.78 is 9.36. The molecule has 0 amide bonds. The third-order valence-corrected chi connectivity index (χ3v) is 1.04. The Labute approximate surface area is 99.9 Å². The maximum atomic E-state index is 10.9. The van der Waals surface area contributed by atoms with Crippen molar-refractivity contribution in [3.63, 3.8) is 0 Å². The maximum Gasteiger partial charge on any atom is 0.360 e. The first-order chi connectivity index (χ1) is 5.24. The molecule has 0 saturated heterocycles. The molecule has 0 spiro atoms. The zero-order valence-electron chi connectivity index (χ0n) is 7.25. The van der Waals surface area contributed by atoms with Crippen LogP contribution in [-0.4, -0.2) is 12.6 Å². The van der Waals surface area contributed by atoms with Gasteiger partial charge in [-0.05, 0) is 13.5 Å². The predicted molar refractivity (Wildman–Crippen MR) is 37.1 cm³/mol. The molecule has 0 aromatic carbocycles. The van der Waals surface area contributed by atoms with Crippen molar-refractivity contribution in [2.75, 3.05) is 6.61 Å². The van der Waals surface area contributed by atoms with E-state index in [9.17, 15) is 4.79 Å². The van der Waals surface area contributed by atoms with Crippen molar-refractivity contribution in [1.29, 1.82) is 0 Å². The summed E-state index contributed by atoms with van der Waals surface area (Å²) in [6, 6.07) is 0. The zero-order chi connectivity index (χ0) is 8.27. The van der Waals surface area contributed by atoms with Crippen LogP contribution < -0.4 is 22.3 Å². The van der Waals surface area contributed by atoms with Gasteiger partial charge in [0.05, 0.1) is 6.61 Å². The molecule has 0 aromatic heterocycles. The van der Waals surface area contributed by atoms with E-state index in [1.165, 1.54) is 6.26 Å². The molecule has 0 aromatic rings. The van der Waals surface area contributed by atoms with Crippen LogP contribution in [0, 0.1) is 0 Å². The number of hydrogen-bond acceptors (Lipinski definition) is 3. The van der Waals surface area contributed by atoms with Crippen molar-refractivity contribution >= 4 is 5.97 Å². The van der Waals surface area contributed by atoms with Crippen LogP contribution in [0.3, 0.4) is 0 Å². The van der Waals surface area contributed by atoms with Crippen molar-refractivity contribution in [2.45, 2.75) is 6.92 Å². The second-order valence-electron chi connectivity index (χ2n) is 1.85. The van der Waals surface area contributed by atoms with Gasteiger partial charge in [-0.25, -0.2) is 10.1 Å². The molecule has 1 radical (unpaired) electrons. The number of hydrogen-bond donors (Lipinski definition) is 0. The standard InChI is InChI=1S/C7H8NO3.BrH.Zn/c1-3-10-7(9)6-4-11-5(2)8-6;;/h4H,2-3H2,1H3;1H;/p-1. The molecule has 1 aliphatic heterocycles. The summed E-state index contributed by atoms with van der Waals surface area (Å²) in [5, 5.41) is 3.68. The van der Waals surface area contributed by atoms with E-state index in [1.54, 1.807) is 6.92 Å².